The monoisotopic (exact) mass is 284 g/mol. The van der Waals surface area contributed by atoms with Crippen molar-refractivity contribution in [1.29, 1.82) is 0 Å². The summed E-state index contributed by atoms with van der Waals surface area (Å²) in [5.41, 5.74) is 5.39. The summed E-state index contributed by atoms with van der Waals surface area (Å²) in [7, 11) is 0. The standard InChI is InChI=1S/C13H20N2OS2/c14-12(17)7-1-2-9-15-13(16)8-3-5-11-6-4-10-18-11/h4,6,10H,1-3,5,7-9H2,(H2,14,17)(H,15,16). The normalized spacial score (nSPS) is 10.2. The fourth-order valence-corrected chi connectivity index (χ4v) is 2.51. The van der Waals surface area contributed by atoms with Crippen LogP contribution in [0.25, 0.3) is 0 Å². The van der Waals surface area contributed by atoms with Crippen LogP contribution in [0.15, 0.2) is 17.5 Å². The topological polar surface area (TPSA) is 55.1 Å². The van der Waals surface area contributed by atoms with E-state index >= 15 is 0 Å². The van der Waals surface area contributed by atoms with Gasteiger partial charge in [0.2, 0.25) is 5.91 Å². The average Bonchev–Trinajstić information content (AvgIpc) is 2.81. The molecule has 1 aromatic heterocycles. The molecule has 1 heterocycles. The molecule has 0 saturated carbocycles. The third-order valence-electron chi connectivity index (χ3n) is 2.58. The molecule has 0 spiro atoms. The lowest BCUT2D eigenvalue weighted by molar-refractivity contribution is -0.121. The quantitative estimate of drug-likeness (QED) is 0.541. The molecule has 0 saturated heterocycles. The molecular weight excluding hydrogens is 264 g/mol. The molecule has 0 radical (unpaired) electrons. The van der Waals surface area contributed by atoms with E-state index in [1.165, 1.54) is 4.88 Å². The Labute approximate surface area is 118 Å². The minimum atomic E-state index is 0.141. The van der Waals surface area contributed by atoms with Gasteiger partial charge in [-0.2, -0.15) is 0 Å². The second-order valence-corrected chi connectivity index (χ2v) is 5.76. The van der Waals surface area contributed by atoms with Gasteiger partial charge < -0.3 is 11.1 Å². The minimum absolute atomic E-state index is 0.141. The Morgan fingerprint density at radius 3 is 2.83 bits per heavy atom. The largest absolute Gasteiger partial charge is 0.393 e. The Balaban J connectivity index is 1.95. The predicted octanol–water partition coefficient (Wildman–Crippen LogP) is 2.64. The lowest BCUT2D eigenvalue weighted by Crippen LogP contribution is -2.24. The lowest BCUT2D eigenvalue weighted by Gasteiger charge is -2.04. The van der Waals surface area contributed by atoms with Crippen molar-refractivity contribution in [2.75, 3.05) is 6.54 Å². The summed E-state index contributed by atoms with van der Waals surface area (Å²) in [6, 6.07) is 4.15. The first-order chi connectivity index (χ1) is 8.68. The number of hydrogen-bond acceptors (Lipinski definition) is 3. The van der Waals surface area contributed by atoms with E-state index in [1.807, 2.05) is 6.07 Å². The van der Waals surface area contributed by atoms with Crippen molar-refractivity contribution in [3.63, 3.8) is 0 Å². The Morgan fingerprint density at radius 2 is 2.17 bits per heavy atom. The van der Waals surface area contributed by atoms with Gasteiger partial charge in [0.15, 0.2) is 0 Å². The van der Waals surface area contributed by atoms with Gasteiger partial charge >= 0.3 is 0 Å². The highest BCUT2D eigenvalue weighted by atomic mass is 32.1. The fourth-order valence-electron chi connectivity index (χ4n) is 1.62. The highest BCUT2D eigenvalue weighted by Crippen LogP contribution is 2.11. The molecule has 0 aromatic carbocycles. The van der Waals surface area contributed by atoms with Gasteiger partial charge in [0.25, 0.3) is 0 Å². The minimum Gasteiger partial charge on any atom is -0.393 e. The van der Waals surface area contributed by atoms with Crippen LogP contribution in [0.4, 0.5) is 0 Å². The van der Waals surface area contributed by atoms with Gasteiger partial charge in [0.05, 0.1) is 4.99 Å². The lowest BCUT2D eigenvalue weighted by atomic mass is 10.2. The number of thiocarbonyl (C=S) groups is 1. The van der Waals surface area contributed by atoms with E-state index in [9.17, 15) is 4.79 Å². The van der Waals surface area contributed by atoms with E-state index in [4.69, 9.17) is 18.0 Å². The zero-order valence-corrected chi connectivity index (χ0v) is 12.1. The molecule has 5 heteroatoms. The molecule has 3 nitrogen and oxygen atoms in total. The Bertz CT molecular complexity index is 363. The average molecular weight is 284 g/mol. The third kappa shape index (κ3) is 7.40. The molecule has 100 valence electrons. The summed E-state index contributed by atoms with van der Waals surface area (Å²) in [5, 5.41) is 4.98. The van der Waals surface area contributed by atoms with Gasteiger partial charge in [-0.05, 0) is 43.6 Å². The second kappa shape index (κ2) is 9.05. The zero-order valence-electron chi connectivity index (χ0n) is 10.5. The molecule has 1 amide bonds. The first-order valence-corrected chi connectivity index (χ1v) is 7.54. The summed E-state index contributed by atoms with van der Waals surface area (Å²) >= 11 is 6.53. The van der Waals surface area contributed by atoms with Crippen LogP contribution in [-0.2, 0) is 11.2 Å². The van der Waals surface area contributed by atoms with Crippen LogP contribution in [-0.4, -0.2) is 17.4 Å². The smallest absolute Gasteiger partial charge is 0.220 e. The molecule has 0 bridgehead atoms. The molecule has 0 aliphatic heterocycles. The highest BCUT2D eigenvalue weighted by molar-refractivity contribution is 7.80. The molecule has 0 aliphatic rings. The molecule has 3 N–H and O–H groups in total. The van der Waals surface area contributed by atoms with Crippen molar-refractivity contribution in [3.05, 3.63) is 22.4 Å². The maximum atomic E-state index is 11.5. The van der Waals surface area contributed by atoms with Crippen LogP contribution in [0.2, 0.25) is 0 Å². The van der Waals surface area contributed by atoms with Gasteiger partial charge in [0, 0.05) is 17.8 Å². The number of hydrogen-bond donors (Lipinski definition) is 2. The van der Waals surface area contributed by atoms with E-state index in [0.717, 1.165) is 38.6 Å². The maximum absolute atomic E-state index is 11.5. The van der Waals surface area contributed by atoms with Crippen LogP contribution in [0.5, 0.6) is 0 Å². The van der Waals surface area contributed by atoms with Crippen LogP contribution in [0.1, 0.15) is 37.0 Å². The zero-order chi connectivity index (χ0) is 13.2. The molecule has 0 unspecified atom stereocenters. The SMILES string of the molecule is NC(=S)CCCCNC(=O)CCCc1cccs1. The van der Waals surface area contributed by atoms with Gasteiger partial charge in [-0.25, -0.2) is 0 Å². The first kappa shape index (κ1) is 15.1. The maximum Gasteiger partial charge on any atom is 0.220 e. The summed E-state index contributed by atoms with van der Waals surface area (Å²) in [5.74, 6) is 0.141. The number of carbonyl (C=O) groups is 1. The van der Waals surface area contributed by atoms with Crippen molar-refractivity contribution in [3.8, 4) is 0 Å². The van der Waals surface area contributed by atoms with Crippen LogP contribution in [0, 0.1) is 0 Å². The summed E-state index contributed by atoms with van der Waals surface area (Å²) in [6.07, 6.45) is 5.17. The summed E-state index contributed by atoms with van der Waals surface area (Å²) < 4.78 is 0. The van der Waals surface area contributed by atoms with Crippen molar-refractivity contribution >= 4 is 34.5 Å². The van der Waals surface area contributed by atoms with Gasteiger partial charge in [-0.3, -0.25) is 4.79 Å². The predicted molar refractivity (Wildman–Crippen MR) is 80.9 cm³/mol. The molecule has 1 aromatic rings. The van der Waals surface area contributed by atoms with E-state index in [2.05, 4.69) is 16.8 Å². The van der Waals surface area contributed by atoms with Gasteiger partial charge in [-0.15, -0.1) is 11.3 Å². The number of amides is 1. The molecule has 1 rings (SSSR count). The first-order valence-electron chi connectivity index (χ1n) is 6.26. The molecule has 0 aliphatic carbocycles. The van der Waals surface area contributed by atoms with E-state index in [1.54, 1.807) is 11.3 Å². The number of thiophene rings is 1. The van der Waals surface area contributed by atoms with Crippen molar-refractivity contribution in [1.82, 2.24) is 5.32 Å². The van der Waals surface area contributed by atoms with E-state index in [-0.39, 0.29) is 5.91 Å². The van der Waals surface area contributed by atoms with Crippen molar-refractivity contribution < 1.29 is 4.79 Å². The number of aryl methyl sites for hydroxylation is 1. The Morgan fingerprint density at radius 1 is 1.33 bits per heavy atom. The van der Waals surface area contributed by atoms with Crippen LogP contribution < -0.4 is 11.1 Å². The van der Waals surface area contributed by atoms with Crippen LogP contribution in [0.3, 0.4) is 0 Å². The van der Waals surface area contributed by atoms with Gasteiger partial charge in [0.1, 0.15) is 0 Å². The Hall–Kier alpha value is -0.940. The molecule has 0 atom stereocenters. The number of carbonyl (C=O) groups excluding carboxylic acids is 1. The summed E-state index contributed by atoms with van der Waals surface area (Å²) in [6.45, 7) is 0.723. The summed E-state index contributed by atoms with van der Waals surface area (Å²) in [4.78, 5) is 13.4. The Kier molecular flexibility index (Phi) is 7.60. The fraction of sp³-hybridized carbons (Fsp3) is 0.538. The number of nitrogens with two attached hydrogens (primary N) is 1. The van der Waals surface area contributed by atoms with Gasteiger partial charge in [-0.1, -0.05) is 18.3 Å². The van der Waals surface area contributed by atoms with Crippen molar-refractivity contribution in [2.45, 2.75) is 38.5 Å². The number of nitrogens with one attached hydrogen (secondary N) is 1. The van der Waals surface area contributed by atoms with E-state index in [0.29, 0.717) is 11.4 Å². The third-order valence-corrected chi connectivity index (χ3v) is 3.72. The second-order valence-electron chi connectivity index (χ2n) is 4.21. The number of rotatable bonds is 9. The molecule has 18 heavy (non-hydrogen) atoms. The highest BCUT2D eigenvalue weighted by Gasteiger charge is 2.01. The van der Waals surface area contributed by atoms with Crippen molar-refractivity contribution in [2.24, 2.45) is 5.73 Å². The molecule has 0 fully saturated rings. The van der Waals surface area contributed by atoms with Crippen LogP contribution >= 0.6 is 23.6 Å². The number of unbranched alkanes of at least 4 members (excludes halogenated alkanes) is 1. The molecular formula is C13H20N2OS2. The van der Waals surface area contributed by atoms with E-state index < -0.39 is 0 Å².